The highest BCUT2D eigenvalue weighted by molar-refractivity contribution is 6.02. The highest BCUT2D eigenvalue weighted by atomic mass is 16.5. The van der Waals surface area contributed by atoms with E-state index in [2.05, 4.69) is 16.6 Å². The molecule has 0 rings (SSSR count). The molecule has 0 amide bonds. The fourth-order valence-corrected chi connectivity index (χ4v) is 0.831. The van der Waals surface area contributed by atoms with Crippen molar-refractivity contribution >= 4 is 11.8 Å². The fourth-order valence-electron chi connectivity index (χ4n) is 0.831. The maximum Gasteiger partial charge on any atom is 0.320 e. The van der Waals surface area contributed by atoms with E-state index in [0.717, 1.165) is 0 Å². The molecule has 1 unspecified atom stereocenters. The lowest BCUT2D eigenvalue weighted by Gasteiger charge is -2.20. The van der Waals surface area contributed by atoms with Crippen molar-refractivity contribution in [2.75, 3.05) is 7.11 Å². The van der Waals surface area contributed by atoms with Gasteiger partial charge < -0.3 is 4.74 Å². The van der Waals surface area contributed by atoms with Gasteiger partial charge in [-0.05, 0) is 20.8 Å². The first-order chi connectivity index (χ1) is 5.99. The summed E-state index contributed by atoms with van der Waals surface area (Å²) in [5.74, 6) is 4.62. The van der Waals surface area contributed by atoms with Crippen molar-refractivity contribution in [2.24, 2.45) is 5.41 Å². The molecular weight excluding hydrogens is 168 g/mol. The van der Waals surface area contributed by atoms with Crippen LogP contribution in [0.2, 0.25) is 0 Å². The van der Waals surface area contributed by atoms with E-state index in [1.807, 2.05) is 0 Å². The topological polar surface area (TPSA) is 43.4 Å². The van der Waals surface area contributed by atoms with Crippen molar-refractivity contribution in [3.05, 3.63) is 0 Å². The van der Waals surface area contributed by atoms with Crippen LogP contribution in [0.25, 0.3) is 0 Å². The van der Waals surface area contributed by atoms with Crippen molar-refractivity contribution in [3.63, 3.8) is 0 Å². The Morgan fingerprint density at radius 2 is 2.00 bits per heavy atom. The van der Waals surface area contributed by atoms with Crippen LogP contribution in [-0.4, -0.2) is 18.9 Å². The second kappa shape index (κ2) is 4.66. The second-order valence-corrected chi connectivity index (χ2v) is 2.98. The Morgan fingerprint density at radius 3 is 2.31 bits per heavy atom. The molecule has 1 atom stereocenters. The van der Waals surface area contributed by atoms with Crippen LogP contribution >= 0.6 is 0 Å². The van der Waals surface area contributed by atoms with Gasteiger partial charge in [0.15, 0.2) is 0 Å². The van der Waals surface area contributed by atoms with Gasteiger partial charge in [-0.25, -0.2) is 0 Å². The number of hydrogen-bond donors (Lipinski definition) is 0. The van der Waals surface area contributed by atoms with Crippen molar-refractivity contribution < 1.29 is 14.3 Å². The number of esters is 1. The first-order valence-electron chi connectivity index (χ1n) is 3.98. The molecule has 0 saturated heterocycles. The average Bonchev–Trinajstić information content (AvgIpc) is 2.12. The minimum Gasteiger partial charge on any atom is -0.468 e. The van der Waals surface area contributed by atoms with Gasteiger partial charge in [0.1, 0.15) is 11.2 Å². The van der Waals surface area contributed by atoms with Crippen molar-refractivity contribution in [1.82, 2.24) is 0 Å². The van der Waals surface area contributed by atoms with Gasteiger partial charge in [0, 0.05) is 6.42 Å². The number of ketones is 1. The zero-order valence-corrected chi connectivity index (χ0v) is 8.43. The lowest BCUT2D eigenvalue weighted by Crippen LogP contribution is -2.35. The van der Waals surface area contributed by atoms with E-state index >= 15 is 0 Å². The van der Waals surface area contributed by atoms with E-state index in [1.165, 1.54) is 14.0 Å². The van der Waals surface area contributed by atoms with Gasteiger partial charge in [-0.15, -0.1) is 11.8 Å². The van der Waals surface area contributed by atoms with E-state index in [0.29, 0.717) is 0 Å². The number of methoxy groups -OCH3 is 1. The number of carbonyl (C=O) groups excluding carboxylic acids is 2. The predicted octanol–water partition coefficient (Wildman–Crippen LogP) is 1.17. The molecule has 0 radical (unpaired) electrons. The van der Waals surface area contributed by atoms with Crippen LogP contribution in [0.15, 0.2) is 0 Å². The van der Waals surface area contributed by atoms with E-state index < -0.39 is 11.4 Å². The van der Waals surface area contributed by atoms with Crippen LogP contribution in [0.1, 0.15) is 27.2 Å². The second-order valence-electron chi connectivity index (χ2n) is 2.98. The molecule has 3 nitrogen and oxygen atoms in total. The van der Waals surface area contributed by atoms with Crippen LogP contribution in [0.4, 0.5) is 0 Å². The molecule has 0 heterocycles. The third kappa shape index (κ3) is 2.59. The SMILES string of the molecule is CC#CCC(C)(C(C)=O)C(=O)OC. The zero-order chi connectivity index (χ0) is 10.5. The molecule has 13 heavy (non-hydrogen) atoms. The summed E-state index contributed by atoms with van der Waals surface area (Å²) in [6, 6.07) is 0. The molecule has 0 aliphatic rings. The average molecular weight is 182 g/mol. The number of carbonyl (C=O) groups is 2. The molecule has 0 aliphatic heterocycles. The molecule has 3 heteroatoms. The summed E-state index contributed by atoms with van der Waals surface area (Å²) in [7, 11) is 1.27. The predicted molar refractivity (Wildman–Crippen MR) is 48.9 cm³/mol. The lowest BCUT2D eigenvalue weighted by atomic mass is 9.83. The highest BCUT2D eigenvalue weighted by Crippen LogP contribution is 2.23. The van der Waals surface area contributed by atoms with Crippen molar-refractivity contribution in [2.45, 2.75) is 27.2 Å². The summed E-state index contributed by atoms with van der Waals surface area (Å²) in [5.41, 5.74) is -1.11. The third-order valence-electron chi connectivity index (χ3n) is 2.03. The largest absolute Gasteiger partial charge is 0.468 e. The molecule has 0 aromatic carbocycles. The van der Waals surface area contributed by atoms with Crippen LogP contribution < -0.4 is 0 Å². The van der Waals surface area contributed by atoms with Gasteiger partial charge in [0.2, 0.25) is 0 Å². The number of Topliss-reactive ketones (excluding diaryl/α,β-unsaturated/α-hetero) is 1. The van der Waals surface area contributed by atoms with E-state index in [4.69, 9.17) is 0 Å². The van der Waals surface area contributed by atoms with E-state index in [9.17, 15) is 9.59 Å². The zero-order valence-electron chi connectivity index (χ0n) is 8.43. The number of hydrogen-bond acceptors (Lipinski definition) is 3. The Hall–Kier alpha value is -1.30. The fraction of sp³-hybridized carbons (Fsp3) is 0.600. The molecule has 0 bridgehead atoms. The molecule has 72 valence electrons. The van der Waals surface area contributed by atoms with Crippen molar-refractivity contribution in [1.29, 1.82) is 0 Å². The lowest BCUT2D eigenvalue weighted by molar-refractivity contribution is -0.155. The number of ether oxygens (including phenoxy) is 1. The van der Waals surface area contributed by atoms with Crippen LogP contribution in [0.5, 0.6) is 0 Å². The summed E-state index contributed by atoms with van der Waals surface area (Å²) in [6.07, 6.45) is 0.214. The number of rotatable bonds is 3. The molecule has 0 aliphatic carbocycles. The molecule has 0 aromatic rings. The summed E-state index contributed by atoms with van der Waals surface area (Å²) in [5, 5.41) is 0. The van der Waals surface area contributed by atoms with Gasteiger partial charge in [0.05, 0.1) is 7.11 Å². The minimum absolute atomic E-state index is 0.214. The summed E-state index contributed by atoms with van der Waals surface area (Å²) in [4.78, 5) is 22.5. The summed E-state index contributed by atoms with van der Waals surface area (Å²) < 4.78 is 4.55. The Labute approximate surface area is 78.5 Å². The molecule has 0 saturated carbocycles. The first-order valence-corrected chi connectivity index (χ1v) is 3.98. The Balaban J connectivity index is 4.79. The van der Waals surface area contributed by atoms with Gasteiger partial charge in [-0.1, -0.05) is 0 Å². The van der Waals surface area contributed by atoms with Crippen LogP contribution in [0.3, 0.4) is 0 Å². The standard InChI is InChI=1S/C10H14O3/c1-5-6-7-10(3,8(2)11)9(12)13-4/h7H2,1-4H3. The summed E-state index contributed by atoms with van der Waals surface area (Å²) in [6.45, 7) is 4.58. The van der Waals surface area contributed by atoms with E-state index in [-0.39, 0.29) is 12.2 Å². The third-order valence-corrected chi connectivity index (χ3v) is 2.03. The summed E-state index contributed by atoms with van der Waals surface area (Å²) >= 11 is 0. The maximum absolute atomic E-state index is 11.3. The monoisotopic (exact) mass is 182 g/mol. The van der Waals surface area contributed by atoms with Crippen LogP contribution in [-0.2, 0) is 14.3 Å². The van der Waals surface area contributed by atoms with Crippen molar-refractivity contribution in [3.8, 4) is 11.8 Å². The molecule has 0 N–H and O–H groups in total. The Kier molecular flexibility index (Phi) is 4.19. The van der Waals surface area contributed by atoms with E-state index in [1.54, 1.807) is 13.8 Å². The normalized spacial score (nSPS) is 13.5. The molecule has 0 fully saturated rings. The Bertz CT molecular complexity index is 270. The highest BCUT2D eigenvalue weighted by Gasteiger charge is 2.38. The first kappa shape index (κ1) is 11.7. The molecule has 0 aromatic heterocycles. The molecule has 0 spiro atoms. The van der Waals surface area contributed by atoms with Gasteiger partial charge >= 0.3 is 5.97 Å². The van der Waals surface area contributed by atoms with Gasteiger partial charge in [-0.2, -0.15) is 0 Å². The van der Waals surface area contributed by atoms with Gasteiger partial charge in [0.25, 0.3) is 0 Å². The smallest absolute Gasteiger partial charge is 0.320 e. The van der Waals surface area contributed by atoms with Gasteiger partial charge in [-0.3, -0.25) is 9.59 Å². The minimum atomic E-state index is -1.11. The molecular formula is C10H14O3. The quantitative estimate of drug-likeness (QED) is 0.374. The maximum atomic E-state index is 11.3. The van der Waals surface area contributed by atoms with Crippen LogP contribution in [0, 0.1) is 17.3 Å². The Morgan fingerprint density at radius 1 is 1.46 bits per heavy atom.